The summed E-state index contributed by atoms with van der Waals surface area (Å²) in [6.07, 6.45) is -2.72. The number of anilines is 1. The van der Waals surface area contributed by atoms with Crippen LogP contribution in [0.2, 0.25) is 0 Å². The molecular weight excluding hydrogens is 449 g/mol. The molecule has 0 saturated carbocycles. The summed E-state index contributed by atoms with van der Waals surface area (Å²) < 4.78 is 42.5. The topological polar surface area (TPSA) is 102 Å². The Kier molecular flexibility index (Phi) is 8.41. The molecule has 0 atom stereocenters. The zero-order valence-electron chi connectivity index (χ0n) is 17.0. The third-order valence-corrected chi connectivity index (χ3v) is 4.86. The normalized spacial score (nSPS) is 10.9. The van der Waals surface area contributed by atoms with Gasteiger partial charge in [-0.1, -0.05) is 6.07 Å². The molecule has 2 aromatic rings. The lowest BCUT2D eigenvalue weighted by molar-refractivity contribution is -0.141. The van der Waals surface area contributed by atoms with Gasteiger partial charge in [-0.15, -0.1) is 11.8 Å². The minimum atomic E-state index is -4.52. The molecule has 32 heavy (non-hydrogen) atoms. The first-order valence-electron chi connectivity index (χ1n) is 9.11. The molecule has 170 valence electrons. The molecule has 7 nitrogen and oxygen atoms in total. The fraction of sp³-hybridized carbons (Fsp3) is 0.238. The summed E-state index contributed by atoms with van der Waals surface area (Å²) >= 11 is 1.38. The summed E-state index contributed by atoms with van der Waals surface area (Å²) in [4.78, 5) is 48.1. The van der Waals surface area contributed by atoms with Crippen LogP contribution in [0.15, 0.2) is 47.4 Å². The van der Waals surface area contributed by atoms with Gasteiger partial charge < -0.3 is 15.4 Å². The van der Waals surface area contributed by atoms with Crippen LogP contribution < -0.4 is 10.6 Å². The molecule has 0 radical (unpaired) electrons. The van der Waals surface area contributed by atoms with Crippen LogP contribution >= 0.6 is 11.8 Å². The molecular formula is C21H19F3N2O5S. The van der Waals surface area contributed by atoms with Crippen molar-refractivity contribution in [1.29, 1.82) is 0 Å². The number of rotatable bonds is 8. The van der Waals surface area contributed by atoms with Gasteiger partial charge in [0.1, 0.15) is 6.54 Å². The summed E-state index contributed by atoms with van der Waals surface area (Å²) in [5, 5.41) is 4.82. The average molecular weight is 468 g/mol. The second-order valence-corrected chi connectivity index (χ2v) is 7.29. The zero-order valence-corrected chi connectivity index (χ0v) is 17.9. The molecule has 0 aliphatic heterocycles. The Balaban J connectivity index is 1.88. The molecule has 2 aromatic carbocycles. The van der Waals surface area contributed by atoms with Crippen molar-refractivity contribution in [3.63, 3.8) is 0 Å². The van der Waals surface area contributed by atoms with E-state index in [4.69, 9.17) is 4.74 Å². The smallest absolute Gasteiger partial charge is 0.416 e. The number of ether oxygens (including phenoxy) is 1. The molecule has 0 unspecified atom stereocenters. The van der Waals surface area contributed by atoms with Gasteiger partial charge in [-0.2, -0.15) is 13.2 Å². The lowest BCUT2D eigenvalue weighted by Crippen LogP contribution is -2.31. The van der Waals surface area contributed by atoms with Gasteiger partial charge in [0.05, 0.1) is 11.3 Å². The van der Waals surface area contributed by atoms with Crippen LogP contribution in [0, 0.1) is 0 Å². The highest BCUT2D eigenvalue weighted by atomic mass is 32.2. The van der Waals surface area contributed by atoms with Crippen molar-refractivity contribution >= 4 is 41.0 Å². The predicted octanol–water partition coefficient (Wildman–Crippen LogP) is 3.54. The van der Waals surface area contributed by atoms with E-state index in [2.05, 4.69) is 10.6 Å². The van der Waals surface area contributed by atoms with Gasteiger partial charge in [0, 0.05) is 22.9 Å². The number of hydrogen-bond acceptors (Lipinski definition) is 6. The summed E-state index contributed by atoms with van der Waals surface area (Å²) in [5.74, 6) is -2.50. The lowest BCUT2D eigenvalue weighted by Gasteiger charge is -2.11. The van der Waals surface area contributed by atoms with Crippen molar-refractivity contribution in [3.05, 3.63) is 59.2 Å². The van der Waals surface area contributed by atoms with E-state index in [-0.39, 0.29) is 17.0 Å². The number of thioether (sulfide) groups is 1. The zero-order chi connectivity index (χ0) is 23.9. The van der Waals surface area contributed by atoms with E-state index in [1.807, 2.05) is 6.26 Å². The van der Waals surface area contributed by atoms with Gasteiger partial charge in [-0.3, -0.25) is 19.2 Å². The fourth-order valence-corrected chi connectivity index (χ4v) is 3.05. The van der Waals surface area contributed by atoms with Gasteiger partial charge in [-0.05, 0) is 42.7 Å². The number of halogens is 3. The molecule has 2 rings (SSSR count). The van der Waals surface area contributed by atoms with Crippen LogP contribution in [0.4, 0.5) is 18.9 Å². The second kappa shape index (κ2) is 10.8. The number of ketones is 1. The molecule has 0 saturated heterocycles. The van der Waals surface area contributed by atoms with E-state index in [0.29, 0.717) is 5.69 Å². The van der Waals surface area contributed by atoms with E-state index in [1.54, 1.807) is 6.07 Å². The maximum Gasteiger partial charge on any atom is 0.416 e. The van der Waals surface area contributed by atoms with Crippen LogP contribution in [0.5, 0.6) is 0 Å². The monoisotopic (exact) mass is 468 g/mol. The van der Waals surface area contributed by atoms with E-state index in [9.17, 15) is 32.3 Å². The fourth-order valence-electron chi connectivity index (χ4n) is 2.51. The molecule has 0 spiro atoms. The number of nitrogens with one attached hydrogen (secondary N) is 2. The quantitative estimate of drug-likeness (QED) is 0.349. The molecule has 11 heteroatoms. The minimum Gasteiger partial charge on any atom is -0.456 e. The molecule has 0 aromatic heterocycles. The Bertz CT molecular complexity index is 1020. The lowest BCUT2D eigenvalue weighted by atomic mass is 10.1. The van der Waals surface area contributed by atoms with E-state index in [1.165, 1.54) is 30.8 Å². The number of benzene rings is 2. The van der Waals surface area contributed by atoms with Gasteiger partial charge in [0.2, 0.25) is 5.91 Å². The van der Waals surface area contributed by atoms with E-state index in [0.717, 1.165) is 29.2 Å². The molecule has 0 aliphatic rings. The number of esters is 1. The largest absolute Gasteiger partial charge is 0.456 e. The number of carbonyl (C=O) groups is 4. The van der Waals surface area contributed by atoms with Crippen LogP contribution in [0.1, 0.15) is 33.2 Å². The molecule has 0 heterocycles. The highest BCUT2D eigenvalue weighted by Crippen LogP contribution is 2.29. The van der Waals surface area contributed by atoms with Gasteiger partial charge >= 0.3 is 12.1 Å². The number of alkyl halides is 3. The third-order valence-electron chi connectivity index (χ3n) is 4.06. The highest BCUT2D eigenvalue weighted by Gasteiger charge is 2.30. The first kappa shape index (κ1) is 24.9. The number of Topliss-reactive ketones (excluding diaryl/α,β-unsaturated/α-hetero) is 1. The van der Waals surface area contributed by atoms with Crippen molar-refractivity contribution in [1.82, 2.24) is 5.32 Å². The maximum atomic E-state index is 12.6. The van der Waals surface area contributed by atoms with Crippen LogP contribution in [0.25, 0.3) is 0 Å². The van der Waals surface area contributed by atoms with Gasteiger partial charge in [0.15, 0.2) is 12.4 Å². The Morgan fingerprint density at radius 2 is 1.62 bits per heavy atom. The number of carbonyl (C=O) groups excluding carboxylic acids is 4. The Labute approximate surface area is 185 Å². The molecule has 2 amide bonds. The van der Waals surface area contributed by atoms with E-state index < -0.39 is 42.6 Å². The highest BCUT2D eigenvalue weighted by molar-refractivity contribution is 7.98. The third kappa shape index (κ3) is 7.12. The number of amides is 2. The van der Waals surface area contributed by atoms with Crippen molar-refractivity contribution < 1.29 is 37.1 Å². The molecule has 0 bridgehead atoms. The van der Waals surface area contributed by atoms with Crippen molar-refractivity contribution in [3.8, 4) is 0 Å². The minimum absolute atomic E-state index is 0.0683. The second-order valence-electron chi connectivity index (χ2n) is 6.44. The Morgan fingerprint density at radius 3 is 2.19 bits per heavy atom. The first-order valence-corrected chi connectivity index (χ1v) is 10.3. The first-order chi connectivity index (χ1) is 15.0. The molecule has 0 fully saturated rings. The summed E-state index contributed by atoms with van der Waals surface area (Å²) in [6, 6.07) is 8.12. The van der Waals surface area contributed by atoms with Crippen LogP contribution in [-0.2, 0) is 20.5 Å². The van der Waals surface area contributed by atoms with E-state index >= 15 is 0 Å². The van der Waals surface area contributed by atoms with Crippen LogP contribution in [0.3, 0.4) is 0 Å². The number of hydrogen-bond donors (Lipinski definition) is 2. The summed E-state index contributed by atoms with van der Waals surface area (Å²) in [5.41, 5.74) is -0.306. The van der Waals surface area contributed by atoms with Gasteiger partial charge in [0.25, 0.3) is 5.91 Å². The van der Waals surface area contributed by atoms with Crippen molar-refractivity contribution in [2.75, 3.05) is 24.7 Å². The molecule has 0 aliphatic carbocycles. The predicted molar refractivity (Wildman–Crippen MR) is 112 cm³/mol. The van der Waals surface area contributed by atoms with Crippen molar-refractivity contribution in [2.24, 2.45) is 0 Å². The Morgan fingerprint density at radius 1 is 1.00 bits per heavy atom. The summed E-state index contributed by atoms with van der Waals surface area (Å²) in [6.45, 7) is 0.169. The van der Waals surface area contributed by atoms with Crippen LogP contribution in [-0.4, -0.2) is 43.0 Å². The summed E-state index contributed by atoms with van der Waals surface area (Å²) in [7, 11) is 0. The maximum absolute atomic E-state index is 12.6. The SMILES string of the molecule is CSc1ccc(C(=O)COC(=O)CNC(=O)c2ccc(C(F)(F)F)cc2)cc1NC(C)=O. The standard InChI is InChI=1S/C21H19F3N2O5S/c1-12(27)26-16-9-14(5-8-18(16)32-2)17(28)11-31-19(29)10-25-20(30)13-3-6-15(7-4-13)21(22,23)24/h3-9H,10-11H2,1-2H3,(H,25,30)(H,26,27). The van der Waals surface area contributed by atoms with Gasteiger partial charge in [-0.25, -0.2) is 0 Å². The molecule has 2 N–H and O–H groups in total. The van der Waals surface area contributed by atoms with Crippen molar-refractivity contribution in [2.45, 2.75) is 18.0 Å². The average Bonchev–Trinajstić information content (AvgIpc) is 2.74. The Hall–Kier alpha value is -3.34.